The third-order valence-electron chi connectivity index (χ3n) is 2.84. The molecule has 1 aromatic carbocycles. The number of amides is 1. The van der Waals surface area contributed by atoms with Crippen LogP contribution in [0.25, 0.3) is 5.57 Å². The van der Waals surface area contributed by atoms with Gasteiger partial charge in [-0.1, -0.05) is 18.7 Å². The number of hydrogen-bond donors (Lipinski definition) is 0. The van der Waals surface area contributed by atoms with Crippen LogP contribution in [0.3, 0.4) is 0 Å². The van der Waals surface area contributed by atoms with Crippen molar-refractivity contribution in [3.8, 4) is 0 Å². The van der Waals surface area contributed by atoms with E-state index < -0.39 is 0 Å². The van der Waals surface area contributed by atoms with Gasteiger partial charge >= 0.3 is 0 Å². The van der Waals surface area contributed by atoms with E-state index in [4.69, 9.17) is 0 Å². The quantitative estimate of drug-likeness (QED) is 0.700. The second-order valence-corrected chi connectivity index (χ2v) is 3.98. The Hall–Kier alpha value is -1.64. The minimum absolute atomic E-state index is 0.0379. The third-order valence-corrected chi connectivity index (χ3v) is 2.84. The maximum atomic E-state index is 12.7. The van der Waals surface area contributed by atoms with E-state index in [0.717, 1.165) is 25.9 Å². The summed E-state index contributed by atoms with van der Waals surface area (Å²) in [6.07, 6.45) is 2.12. The van der Waals surface area contributed by atoms with Gasteiger partial charge in [-0.25, -0.2) is 4.39 Å². The van der Waals surface area contributed by atoms with Crippen LogP contribution < -0.4 is 0 Å². The van der Waals surface area contributed by atoms with Crippen molar-refractivity contribution in [2.45, 2.75) is 12.8 Å². The number of hydrogen-bond acceptors (Lipinski definition) is 1. The Labute approximate surface area is 94.4 Å². The molecule has 0 unspecified atom stereocenters. The van der Waals surface area contributed by atoms with Crippen LogP contribution in [0.15, 0.2) is 30.8 Å². The summed E-state index contributed by atoms with van der Waals surface area (Å²) in [5.41, 5.74) is 1.14. The van der Waals surface area contributed by atoms with Crippen LogP contribution in [0.1, 0.15) is 18.4 Å². The lowest BCUT2D eigenvalue weighted by molar-refractivity contribution is -0.123. The van der Waals surface area contributed by atoms with Crippen molar-refractivity contribution < 1.29 is 9.18 Å². The Kier molecular flexibility index (Phi) is 3.04. The fourth-order valence-electron chi connectivity index (χ4n) is 1.89. The summed E-state index contributed by atoms with van der Waals surface area (Å²) in [5, 5.41) is 0. The molecule has 0 bridgehead atoms. The maximum Gasteiger partial charge on any atom is 0.253 e. The second kappa shape index (κ2) is 4.47. The predicted octanol–water partition coefficient (Wildman–Crippen LogP) is 2.46. The van der Waals surface area contributed by atoms with Crippen molar-refractivity contribution in [3.05, 3.63) is 42.2 Å². The van der Waals surface area contributed by atoms with Gasteiger partial charge in [0.2, 0.25) is 0 Å². The SMILES string of the molecule is C=C(C(=O)N1CCCC1)c1ccc(F)cc1. The van der Waals surface area contributed by atoms with E-state index in [2.05, 4.69) is 6.58 Å². The average molecular weight is 219 g/mol. The van der Waals surface area contributed by atoms with E-state index in [1.807, 2.05) is 0 Å². The first-order valence-corrected chi connectivity index (χ1v) is 5.42. The summed E-state index contributed by atoms with van der Waals surface area (Å²) in [5.74, 6) is -0.339. The summed E-state index contributed by atoms with van der Waals surface area (Å²) in [6.45, 7) is 5.39. The van der Waals surface area contributed by atoms with Gasteiger partial charge in [-0.3, -0.25) is 4.79 Å². The second-order valence-electron chi connectivity index (χ2n) is 3.98. The lowest BCUT2D eigenvalue weighted by Gasteiger charge is -2.16. The van der Waals surface area contributed by atoms with Gasteiger partial charge in [0.25, 0.3) is 5.91 Å². The first-order valence-electron chi connectivity index (χ1n) is 5.42. The highest BCUT2D eigenvalue weighted by atomic mass is 19.1. The lowest BCUT2D eigenvalue weighted by atomic mass is 10.1. The molecular formula is C13H14FNO. The monoisotopic (exact) mass is 219 g/mol. The van der Waals surface area contributed by atoms with E-state index in [9.17, 15) is 9.18 Å². The molecule has 1 heterocycles. The summed E-state index contributed by atoms with van der Waals surface area (Å²) in [7, 11) is 0. The van der Waals surface area contributed by atoms with Crippen LogP contribution in [-0.4, -0.2) is 23.9 Å². The minimum atomic E-state index is -0.301. The molecule has 1 aliphatic heterocycles. The molecule has 16 heavy (non-hydrogen) atoms. The van der Waals surface area contributed by atoms with Crippen LogP contribution in [0.5, 0.6) is 0 Å². The molecule has 0 aromatic heterocycles. The molecular weight excluding hydrogens is 205 g/mol. The van der Waals surface area contributed by atoms with Crippen molar-refractivity contribution in [2.24, 2.45) is 0 Å². The topological polar surface area (TPSA) is 20.3 Å². The highest BCUT2D eigenvalue weighted by molar-refractivity contribution is 6.18. The number of rotatable bonds is 2. The highest BCUT2D eigenvalue weighted by Gasteiger charge is 2.20. The van der Waals surface area contributed by atoms with Gasteiger partial charge in [-0.05, 0) is 30.5 Å². The first kappa shape index (κ1) is 10.9. The predicted molar refractivity (Wildman–Crippen MR) is 61.2 cm³/mol. The summed E-state index contributed by atoms with van der Waals surface area (Å²) < 4.78 is 12.7. The molecule has 84 valence electrons. The normalized spacial score (nSPS) is 15.2. The first-order chi connectivity index (χ1) is 7.68. The van der Waals surface area contributed by atoms with E-state index in [1.54, 1.807) is 17.0 Å². The fourth-order valence-corrected chi connectivity index (χ4v) is 1.89. The molecule has 0 radical (unpaired) electrons. The van der Waals surface area contributed by atoms with Crippen molar-refractivity contribution in [2.75, 3.05) is 13.1 Å². The van der Waals surface area contributed by atoms with Crippen molar-refractivity contribution in [1.82, 2.24) is 4.90 Å². The summed E-state index contributed by atoms with van der Waals surface area (Å²) in [6, 6.07) is 5.87. The highest BCUT2D eigenvalue weighted by Crippen LogP contribution is 2.18. The molecule has 1 aromatic rings. The third kappa shape index (κ3) is 2.13. The number of nitrogens with zero attached hydrogens (tertiary/aromatic N) is 1. The zero-order valence-corrected chi connectivity index (χ0v) is 9.08. The Bertz CT molecular complexity index is 404. The molecule has 1 fully saturated rings. The molecule has 3 heteroatoms. The Morgan fingerprint density at radius 1 is 1.19 bits per heavy atom. The fraction of sp³-hybridized carbons (Fsp3) is 0.308. The number of halogens is 1. The van der Waals surface area contributed by atoms with Gasteiger partial charge in [0.1, 0.15) is 5.82 Å². The number of likely N-dealkylation sites (tertiary alicyclic amines) is 1. The number of carbonyl (C=O) groups excluding carboxylic acids is 1. The Morgan fingerprint density at radius 2 is 1.75 bits per heavy atom. The molecule has 2 rings (SSSR count). The minimum Gasteiger partial charge on any atom is -0.339 e. The van der Waals surface area contributed by atoms with Crippen LogP contribution in [-0.2, 0) is 4.79 Å². The van der Waals surface area contributed by atoms with E-state index in [0.29, 0.717) is 11.1 Å². The average Bonchev–Trinajstić information content (AvgIpc) is 2.81. The zero-order chi connectivity index (χ0) is 11.5. The molecule has 0 saturated carbocycles. The molecule has 0 aliphatic carbocycles. The maximum absolute atomic E-state index is 12.7. The molecule has 1 aliphatic rings. The zero-order valence-electron chi connectivity index (χ0n) is 9.08. The smallest absolute Gasteiger partial charge is 0.253 e. The van der Waals surface area contributed by atoms with E-state index in [1.165, 1.54) is 12.1 Å². The van der Waals surface area contributed by atoms with Crippen molar-refractivity contribution >= 4 is 11.5 Å². The molecule has 2 nitrogen and oxygen atoms in total. The van der Waals surface area contributed by atoms with Crippen molar-refractivity contribution in [3.63, 3.8) is 0 Å². The molecule has 0 spiro atoms. The molecule has 1 amide bonds. The Balaban J connectivity index is 2.12. The van der Waals surface area contributed by atoms with Crippen LogP contribution in [0.4, 0.5) is 4.39 Å². The van der Waals surface area contributed by atoms with Gasteiger partial charge in [0.05, 0.1) is 0 Å². The van der Waals surface area contributed by atoms with Gasteiger partial charge in [-0.2, -0.15) is 0 Å². The molecule has 1 saturated heterocycles. The van der Waals surface area contributed by atoms with Crippen LogP contribution in [0.2, 0.25) is 0 Å². The Morgan fingerprint density at radius 3 is 2.31 bits per heavy atom. The number of benzene rings is 1. The molecule has 0 atom stereocenters. The molecule has 0 N–H and O–H groups in total. The van der Waals surface area contributed by atoms with E-state index >= 15 is 0 Å². The summed E-state index contributed by atoms with van der Waals surface area (Å²) >= 11 is 0. The largest absolute Gasteiger partial charge is 0.339 e. The summed E-state index contributed by atoms with van der Waals surface area (Å²) in [4.78, 5) is 13.8. The van der Waals surface area contributed by atoms with Gasteiger partial charge in [0, 0.05) is 18.7 Å². The van der Waals surface area contributed by atoms with Gasteiger partial charge in [-0.15, -0.1) is 0 Å². The van der Waals surface area contributed by atoms with E-state index in [-0.39, 0.29) is 11.7 Å². The standard InChI is InChI=1S/C13H14FNO/c1-10(11-4-6-12(14)7-5-11)13(16)15-8-2-3-9-15/h4-7H,1-3,8-9H2. The van der Waals surface area contributed by atoms with Crippen LogP contribution in [0, 0.1) is 5.82 Å². The van der Waals surface area contributed by atoms with Crippen LogP contribution >= 0.6 is 0 Å². The van der Waals surface area contributed by atoms with Crippen molar-refractivity contribution in [1.29, 1.82) is 0 Å². The van der Waals surface area contributed by atoms with Gasteiger partial charge in [0.15, 0.2) is 0 Å². The lowest BCUT2D eigenvalue weighted by Crippen LogP contribution is -2.28. The van der Waals surface area contributed by atoms with Gasteiger partial charge < -0.3 is 4.90 Å². The number of carbonyl (C=O) groups is 1.